The average Bonchev–Trinajstić information content (AvgIpc) is 3.85. The third-order valence-corrected chi connectivity index (χ3v) is 7.34. The van der Waals surface area contributed by atoms with E-state index in [4.69, 9.17) is 30.3 Å². The van der Waals surface area contributed by atoms with E-state index in [-0.39, 0.29) is 29.4 Å². The fraction of sp³-hybridized carbons (Fsp3) is 0.636. The van der Waals surface area contributed by atoms with E-state index < -0.39 is 11.2 Å². The Bertz CT molecular complexity index is 1310. The number of ether oxygens (including phenoxy) is 1. The van der Waals surface area contributed by atoms with Gasteiger partial charge in [0.25, 0.3) is 0 Å². The van der Waals surface area contributed by atoms with Crippen molar-refractivity contribution in [3.8, 4) is 0 Å². The summed E-state index contributed by atoms with van der Waals surface area (Å²) < 4.78 is 5.25. The molecule has 0 radical (unpaired) electrons. The molecule has 0 aromatic heterocycles. The van der Waals surface area contributed by atoms with Crippen LogP contribution in [-0.4, -0.2) is 80.0 Å². The molecule has 0 spiro atoms. The second-order valence-electron chi connectivity index (χ2n) is 16.7. The molecule has 0 aliphatic carbocycles. The molecular formula is C55H104O11. The van der Waals surface area contributed by atoms with Gasteiger partial charge in [0.15, 0.2) is 5.78 Å². The molecule has 390 valence electrons. The maximum absolute atomic E-state index is 10.0. The number of aliphatic hydroxyl groups is 2. The lowest BCUT2D eigenvalue weighted by Gasteiger charge is -2.13. The van der Waals surface area contributed by atoms with Crippen LogP contribution in [0.3, 0.4) is 0 Å². The predicted molar refractivity (Wildman–Crippen MR) is 284 cm³/mol. The number of carbonyl (C=O) groups is 4. The minimum absolute atomic E-state index is 0.109. The zero-order chi connectivity index (χ0) is 54.5. The lowest BCUT2D eigenvalue weighted by molar-refractivity contribution is -0.297. The van der Waals surface area contributed by atoms with Crippen molar-refractivity contribution in [2.45, 2.75) is 232 Å². The van der Waals surface area contributed by atoms with Crippen LogP contribution in [-0.2, 0) is 33.7 Å². The first-order chi connectivity index (χ1) is 30.3. The van der Waals surface area contributed by atoms with Crippen molar-refractivity contribution in [2.24, 2.45) is 0 Å². The number of aliphatic hydroxyl groups excluding tert-OH is 1. The maximum atomic E-state index is 10.0. The highest BCUT2D eigenvalue weighted by Crippen LogP contribution is 2.37. The van der Waals surface area contributed by atoms with Gasteiger partial charge in [0, 0.05) is 6.42 Å². The molecule has 0 amide bonds. The summed E-state index contributed by atoms with van der Waals surface area (Å²) >= 11 is 0. The first-order valence-electron chi connectivity index (χ1n) is 23.0. The van der Waals surface area contributed by atoms with Gasteiger partial charge >= 0.3 is 0 Å². The van der Waals surface area contributed by atoms with Crippen LogP contribution < -0.4 is 0 Å². The van der Waals surface area contributed by atoms with Gasteiger partial charge in [-0.1, -0.05) is 115 Å². The Labute approximate surface area is 406 Å². The number of rotatable bonds is 16. The quantitative estimate of drug-likeness (QED) is 0.0289. The normalized spacial score (nSPS) is 13.7. The van der Waals surface area contributed by atoms with Gasteiger partial charge in [-0.15, -0.1) is 0 Å². The highest BCUT2D eigenvalue weighted by molar-refractivity contribution is 5.87. The summed E-state index contributed by atoms with van der Waals surface area (Å²) in [6, 6.07) is 0. The summed E-state index contributed by atoms with van der Waals surface area (Å²) in [5.74, 6) is 0.398. The van der Waals surface area contributed by atoms with Gasteiger partial charge in [-0.05, 0) is 173 Å². The van der Waals surface area contributed by atoms with Crippen molar-refractivity contribution in [3.05, 3.63) is 96.7 Å². The van der Waals surface area contributed by atoms with Crippen molar-refractivity contribution >= 4 is 24.1 Å². The highest BCUT2D eigenvalue weighted by Gasteiger charge is 2.45. The molecule has 0 aromatic carbocycles. The van der Waals surface area contributed by atoms with Crippen LogP contribution in [0.15, 0.2) is 96.7 Å². The lowest BCUT2D eigenvalue weighted by atomic mass is 10.1. The molecule has 0 aromatic rings. The van der Waals surface area contributed by atoms with E-state index in [0.717, 1.165) is 61.5 Å². The Hall–Kier alpha value is -3.68. The third-order valence-electron chi connectivity index (χ3n) is 7.34. The largest absolute Gasteiger partial charge is 0.389 e. The van der Waals surface area contributed by atoms with Crippen LogP contribution in [0.25, 0.3) is 0 Å². The smallest absolute Gasteiger partial charge is 0.152 e. The maximum Gasteiger partial charge on any atom is 0.152 e. The van der Waals surface area contributed by atoms with Crippen LogP contribution in [0.2, 0.25) is 0 Å². The van der Waals surface area contributed by atoms with Gasteiger partial charge in [0.1, 0.15) is 30.1 Å². The number of Topliss-reactive ketones (excluding diaryl/α,β-unsaturated/α-hetero) is 1. The lowest BCUT2D eigenvalue weighted by Crippen LogP contribution is -2.18. The number of epoxide rings is 1. The highest BCUT2D eigenvalue weighted by atomic mass is 17.1. The van der Waals surface area contributed by atoms with Crippen molar-refractivity contribution in [1.29, 1.82) is 0 Å². The van der Waals surface area contributed by atoms with E-state index in [2.05, 4.69) is 77.1 Å². The molecule has 0 bridgehead atoms. The van der Waals surface area contributed by atoms with Crippen LogP contribution in [0.5, 0.6) is 0 Å². The van der Waals surface area contributed by atoms with Gasteiger partial charge in [-0.25, -0.2) is 9.78 Å². The van der Waals surface area contributed by atoms with E-state index in [9.17, 15) is 14.4 Å². The molecule has 1 fully saturated rings. The number of carbonyl (C=O) groups excluding carboxylic acids is 4. The van der Waals surface area contributed by atoms with Crippen LogP contribution in [0.4, 0.5) is 0 Å². The first kappa shape index (κ1) is 82.4. The Balaban J connectivity index is -0.0000000785. The van der Waals surface area contributed by atoms with Gasteiger partial charge < -0.3 is 19.7 Å². The number of aldehydes is 2. The predicted octanol–water partition coefficient (Wildman–Crippen LogP) is 14.7. The van der Waals surface area contributed by atoms with Crippen LogP contribution in [0, 0.1) is 0 Å². The fourth-order valence-corrected chi connectivity index (χ4v) is 3.97. The standard InChI is InChI=1S/2C6H12O2.3C6H12O.C6H10O.C6H12.C5H10O.C5H8O.C3H4O/c1-4-5-6(2,3)8-7;1-4-6(8-7)5(2)3;1-4-5-6(2,3)7-5;1-4-5-6(2,3)7;1-4-6(7)5(2)3;1-3-4-6(2)5-7;1-4-5-6(2)3;2*1-3-4-5(2)6;1-2-3-4/h4-5,7H,1-3H3;6-7H,2,4H2,1,3H3;5H,4H2,1-3H3;4-5,7H,1-3H3;6-7H,2,4H2,1,3H3;4-5H,3H2,1-2H3;5H,4H2,1-3H3;3-4H2,1-2H3;3-4H,1-2H3;2-3H,1H2/b5-4+;;;5-4+;;6-4+;;;4-3+;. The summed E-state index contributed by atoms with van der Waals surface area (Å²) in [7, 11) is 0. The number of ketones is 2. The Kier molecular flexibility index (Phi) is 71.7. The molecule has 0 saturated carbocycles. The molecular weight excluding hydrogens is 837 g/mol. The van der Waals surface area contributed by atoms with E-state index in [1.165, 1.54) is 31.1 Å². The summed E-state index contributed by atoms with van der Waals surface area (Å²) in [5.41, 5.74) is 3.00. The van der Waals surface area contributed by atoms with Gasteiger partial charge in [0.2, 0.25) is 0 Å². The Morgan fingerprint density at radius 3 is 1.24 bits per heavy atom. The first-order valence-corrected chi connectivity index (χ1v) is 23.0. The minimum Gasteiger partial charge on any atom is -0.389 e. The molecule has 1 heterocycles. The molecule has 4 N–H and O–H groups in total. The van der Waals surface area contributed by atoms with Crippen molar-refractivity contribution in [2.75, 3.05) is 0 Å². The topological polar surface area (TPSA) is 180 Å². The van der Waals surface area contributed by atoms with E-state index in [1.807, 2.05) is 80.5 Å². The zero-order valence-corrected chi connectivity index (χ0v) is 46.3. The molecule has 1 aliphatic rings. The number of hydrogen-bond donors (Lipinski definition) is 4. The average molecular weight is 941 g/mol. The van der Waals surface area contributed by atoms with Gasteiger partial charge in [-0.2, -0.15) is 0 Å². The molecule has 3 atom stereocenters. The molecule has 3 unspecified atom stereocenters. The Morgan fingerprint density at radius 2 is 1.21 bits per heavy atom. The van der Waals surface area contributed by atoms with E-state index >= 15 is 0 Å². The van der Waals surface area contributed by atoms with Crippen LogP contribution >= 0.6 is 0 Å². The Morgan fingerprint density at radius 1 is 0.773 bits per heavy atom. The SMILES string of the molecule is C/C=C/C(C)(C)O.C/C=C/C(C)(C)OO.C/C=C/C(C)=O.C=C(C)C(CC)OO.C=C(C)C(O)CC.C=CC=O.CC/C=C(\C)C=O.CCC1OC1(C)C.CCC=C(C)C.CCCC(C)=O. The molecule has 11 heteroatoms. The van der Waals surface area contributed by atoms with E-state index in [1.54, 1.807) is 59.8 Å². The number of allylic oxidation sites excluding steroid dienone is 9. The zero-order valence-electron chi connectivity index (χ0n) is 46.3. The summed E-state index contributed by atoms with van der Waals surface area (Å²) in [6.07, 6.45) is 23.8. The van der Waals surface area contributed by atoms with Gasteiger partial charge in [-0.3, -0.25) is 24.9 Å². The molecule has 1 aliphatic heterocycles. The van der Waals surface area contributed by atoms with Crippen molar-refractivity contribution in [3.63, 3.8) is 0 Å². The molecule has 1 rings (SSSR count). The summed E-state index contributed by atoms with van der Waals surface area (Å²) in [4.78, 5) is 47.0. The second kappa shape index (κ2) is 57.4. The monoisotopic (exact) mass is 941 g/mol. The van der Waals surface area contributed by atoms with Gasteiger partial charge in [0.05, 0.1) is 23.4 Å². The fourth-order valence-electron chi connectivity index (χ4n) is 3.97. The van der Waals surface area contributed by atoms with Crippen LogP contribution in [0.1, 0.15) is 197 Å². The van der Waals surface area contributed by atoms with Crippen molar-refractivity contribution in [1.82, 2.24) is 0 Å². The minimum atomic E-state index is -0.630. The molecule has 1 saturated heterocycles. The summed E-state index contributed by atoms with van der Waals surface area (Å²) in [5, 5.41) is 34.1. The molecule has 66 heavy (non-hydrogen) atoms. The summed E-state index contributed by atoms with van der Waals surface area (Å²) in [6.45, 7) is 52.2. The van der Waals surface area contributed by atoms with E-state index in [0.29, 0.717) is 12.4 Å². The molecule has 11 nitrogen and oxygen atoms in total. The number of hydrogen-bond acceptors (Lipinski definition) is 11. The third kappa shape index (κ3) is 94.8. The second-order valence-corrected chi connectivity index (χ2v) is 16.7. The van der Waals surface area contributed by atoms with Crippen molar-refractivity contribution < 1.29 is 54.4 Å².